The van der Waals surface area contributed by atoms with Crippen molar-refractivity contribution in [3.8, 4) is 0 Å². The standard InChI is InChI=1S/C21H26ClN3O2S/c1-14(28-15(2)22)19(26)24-21(9-4-10-21)20(27)23-18-6-5-16-7-11-25(3)12-8-17(16)13-18/h5-6,13H,1-2,4,7-12H2,3H3,(H,23,27)(H,24,26). The van der Waals surface area contributed by atoms with Crippen LogP contribution in [0, 0.1) is 0 Å². The molecule has 1 fully saturated rings. The Kier molecular flexibility index (Phi) is 6.53. The predicted octanol–water partition coefficient (Wildman–Crippen LogP) is 3.65. The van der Waals surface area contributed by atoms with E-state index in [1.807, 2.05) is 6.07 Å². The van der Waals surface area contributed by atoms with Gasteiger partial charge in [-0.05, 0) is 62.4 Å². The zero-order valence-electron chi connectivity index (χ0n) is 16.1. The first-order valence-electron chi connectivity index (χ1n) is 9.44. The van der Waals surface area contributed by atoms with Crippen molar-refractivity contribution in [2.45, 2.75) is 37.6 Å². The number of carbonyl (C=O) groups is 2. The average Bonchev–Trinajstić information content (AvgIpc) is 2.79. The molecule has 1 aromatic carbocycles. The number of hydrogen-bond acceptors (Lipinski definition) is 4. The number of thioether (sulfide) groups is 1. The number of amides is 2. The van der Waals surface area contributed by atoms with Crippen LogP contribution >= 0.6 is 23.4 Å². The molecule has 1 saturated carbocycles. The minimum Gasteiger partial charge on any atom is -0.337 e. The van der Waals surface area contributed by atoms with Crippen LogP contribution in [0.3, 0.4) is 0 Å². The molecular formula is C21H26ClN3O2S. The molecule has 3 rings (SSSR count). The SMILES string of the molecule is C=C(Cl)SC(=C)C(=O)NC1(C(=O)Nc2ccc3c(c2)CCN(C)CC3)CCC1. The average molecular weight is 420 g/mol. The molecule has 0 atom stereocenters. The molecule has 1 aromatic rings. The summed E-state index contributed by atoms with van der Waals surface area (Å²) in [5.74, 6) is -0.563. The van der Waals surface area contributed by atoms with Gasteiger partial charge >= 0.3 is 0 Å². The molecule has 1 aliphatic carbocycles. The number of carbonyl (C=O) groups excluding carboxylic acids is 2. The van der Waals surface area contributed by atoms with E-state index < -0.39 is 5.54 Å². The van der Waals surface area contributed by atoms with Gasteiger partial charge in [0.2, 0.25) is 5.91 Å². The third-order valence-electron chi connectivity index (χ3n) is 5.47. The second kappa shape index (κ2) is 8.72. The van der Waals surface area contributed by atoms with E-state index in [4.69, 9.17) is 11.6 Å². The number of anilines is 1. The third kappa shape index (κ3) is 4.80. The largest absolute Gasteiger partial charge is 0.337 e. The van der Waals surface area contributed by atoms with E-state index in [2.05, 4.69) is 47.9 Å². The van der Waals surface area contributed by atoms with E-state index in [0.29, 0.717) is 12.8 Å². The van der Waals surface area contributed by atoms with Gasteiger partial charge in [0.15, 0.2) is 0 Å². The highest BCUT2D eigenvalue weighted by molar-refractivity contribution is 8.08. The molecule has 0 spiro atoms. The Hall–Kier alpha value is -1.76. The Balaban J connectivity index is 1.68. The van der Waals surface area contributed by atoms with Crippen molar-refractivity contribution >= 4 is 40.9 Å². The van der Waals surface area contributed by atoms with Crippen molar-refractivity contribution in [2.75, 3.05) is 25.5 Å². The van der Waals surface area contributed by atoms with Crippen LogP contribution in [0.15, 0.2) is 40.6 Å². The lowest BCUT2D eigenvalue weighted by Gasteiger charge is -2.40. The highest BCUT2D eigenvalue weighted by Crippen LogP contribution is 2.35. The van der Waals surface area contributed by atoms with Gasteiger partial charge in [-0.2, -0.15) is 0 Å². The van der Waals surface area contributed by atoms with Crippen LogP contribution in [0.4, 0.5) is 5.69 Å². The highest BCUT2D eigenvalue weighted by atomic mass is 35.5. The molecule has 0 aromatic heterocycles. The van der Waals surface area contributed by atoms with Crippen molar-refractivity contribution in [1.29, 1.82) is 0 Å². The van der Waals surface area contributed by atoms with Crippen molar-refractivity contribution in [3.63, 3.8) is 0 Å². The maximum Gasteiger partial charge on any atom is 0.258 e. The first kappa shape index (κ1) is 21.0. The number of nitrogens with one attached hydrogen (secondary N) is 2. The Labute approximate surface area is 175 Å². The Bertz CT molecular complexity index is 820. The van der Waals surface area contributed by atoms with E-state index in [0.717, 1.165) is 49.8 Å². The molecule has 0 radical (unpaired) electrons. The van der Waals surface area contributed by atoms with Crippen molar-refractivity contribution in [2.24, 2.45) is 0 Å². The number of halogens is 1. The summed E-state index contributed by atoms with van der Waals surface area (Å²) in [6.45, 7) is 9.32. The Morgan fingerprint density at radius 1 is 1.18 bits per heavy atom. The second-order valence-corrected chi connectivity index (χ2v) is 9.38. The summed E-state index contributed by atoms with van der Waals surface area (Å²) >= 11 is 6.73. The number of fused-ring (bicyclic) bond motifs is 1. The van der Waals surface area contributed by atoms with Crippen molar-refractivity contribution < 1.29 is 9.59 Å². The minimum absolute atomic E-state index is 0.180. The molecule has 1 heterocycles. The summed E-state index contributed by atoms with van der Waals surface area (Å²) in [6.07, 6.45) is 4.11. The summed E-state index contributed by atoms with van der Waals surface area (Å²) in [7, 11) is 2.13. The summed E-state index contributed by atoms with van der Waals surface area (Å²) in [6, 6.07) is 6.11. The lowest BCUT2D eigenvalue weighted by Crippen LogP contribution is -2.61. The van der Waals surface area contributed by atoms with Gasteiger partial charge in [0.25, 0.3) is 5.91 Å². The Morgan fingerprint density at radius 2 is 1.86 bits per heavy atom. The summed E-state index contributed by atoms with van der Waals surface area (Å²) in [5, 5.41) is 5.86. The molecule has 0 unspecified atom stereocenters. The zero-order chi connectivity index (χ0) is 20.3. The first-order valence-corrected chi connectivity index (χ1v) is 10.6. The van der Waals surface area contributed by atoms with Gasteiger partial charge < -0.3 is 15.5 Å². The number of likely N-dealkylation sites (N-methyl/N-ethyl adjacent to an activating group) is 1. The van der Waals surface area contributed by atoms with Gasteiger partial charge in [-0.15, -0.1) is 0 Å². The molecule has 2 amide bonds. The fourth-order valence-electron chi connectivity index (χ4n) is 3.57. The number of benzene rings is 1. The molecule has 150 valence electrons. The van der Waals surface area contributed by atoms with E-state index >= 15 is 0 Å². The van der Waals surface area contributed by atoms with Gasteiger partial charge in [-0.25, -0.2) is 0 Å². The van der Waals surface area contributed by atoms with Crippen molar-refractivity contribution in [1.82, 2.24) is 10.2 Å². The number of nitrogens with zero attached hydrogens (tertiary/aromatic N) is 1. The summed E-state index contributed by atoms with van der Waals surface area (Å²) in [5.41, 5.74) is 2.50. The van der Waals surface area contributed by atoms with E-state index in [1.54, 1.807) is 0 Å². The van der Waals surface area contributed by atoms with Gasteiger partial charge in [0.1, 0.15) is 5.54 Å². The lowest BCUT2D eigenvalue weighted by molar-refractivity contribution is -0.131. The first-order chi connectivity index (χ1) is 13.3. The van der Waals surface area contributed by atoms with Gasteiger partial charge in [0, 0.05) is 18.8 Å². The third-order valence-corrected chi connectivity index (χ3v) is 6.36. The minimum atomic E-state index is -0.888. The molecule has 7 heteroatoms. The predicted molar refractivity (Wildman–Crippen MR) is 116 cm³/mol. The van der Waals surface area contributed by atoms with Gasteiger partial charge in [0.05, 0.1) is 9.27 Å². The normalized spacial score (nSPS) is 18.2. The van der Waals surface area contributed by atoms with Crippen LogP contribution < -0.4 is 10.6 Å². The smallest absolute Gasteiger partial charge is 0.258 e. The maximum absolute atomic E-state index is 13.0. The molecule has 2 aliphatic rings. The fraction of sp³-hybridized carbons (Fsp3) is 0.429. The van der Waals surface area contributed by atoms with Crippen LogP contribution in [0.25, 0.3) is 0 Å². The summed E-state index contributed by atoms with van der Waals surface area (Å²) in [4.78, 5) is 27.9. The van der Waals surface area contributed by atoms with Crippen LogP contribution in [-0.4, -0.2) is 42.4 Å². The van der Waals surface area contributed by atoms with E-state index in [1.165, 1.54) is 11.1 Å². The monoisotopic (exact) mass is 419 g/mol. The molecule has 0 bridgehead atoms. The van der Waals surface area contributed by atoms with Gasteiger partial charge in [-0.3, -0.25) is 9.59 Å². The van der Waals surface area contributed by atoms with E-state index in [-0.39, 0.29) is 21.1 Å². The topological polar surface area (TPSA) is 61.4 Å². The lowest BCUT2D eigenvalue weighted by atomic mass is 9.75. The zero-order valence-corrected chi connectivity index (χ0v) is 17.7. The van der Waals surface area contributed by atoms with Crippen molar-refractivity contribution in [3.05, 3.63) is 51.8 Å². The van der Waals surface area contributed by atoms with Crippen LogP contribution in [0.2, 0.25) is 0 Å². The van der Waals surface area contributed by atoms with Crippen LogP contribution in [-0.2, 0) is 22.4 Å². The summed E-state index contributed by atoms with van der Waals surface area (Å²) < 4.78 is 0.267. The van der Waals surface area contributed by atoms with E-state index in [9.17, 15) is 9.59 Å². The maximum atomic E-state index is 13.0. The molecular weight excluding hydrogens is 394 g/mol. The Morgan fingerprint density at radius 3 is 2.46 bits per heavy atom. The molecule has 1 aliphatic heterocycles. The van der Waals surface area contributed by atoms with Gasteiger partial charge in [-0.1, -0.05) is 42.6 Å². The molecule has 0 saturated heterocycles. The molecule has 28 heavy (non-hydrogen) atoms. The molecule has 5 nitrogen and oxygen atoms in total. The molecule has 2 N–H and O–H groups in total. The second-order valence-electron chi connectivity index (χ2n) is 7.51. The fourth-order valence-corrected chi connectivity index (χ4v) is 4.26. The quantitative estimate of drug-likeness (QED) is 0.691. The number of rotatable bonds is 6. The van der Waals surface area contributed by atoms with Crippen LogP contribution in [0.1, 0.15) is 30.4 Å². The highest BCUT2D eigenvalue weighted by Gasteiger charge is 2.45. The number of hydrogen-bond donors (Lipinski definition) is 2. The van der Waals surface area contributed by atoms with Crippen LogP contribution in [0.5, 0.6) is 0 Å².